The molecule has 1 rings (SSSR count). The van der Waals surface area contributed by atoms with Crippen LogP contribution in [0.1, 0.15) is 16.7 Å². The fraction of sp³-hybridized carbons (Fsp3) is 0.500. The van der Waals surface area contributed by atoms with Crippen molar-refractivity contribution in [2.24, 2.45) is 0 Å². The molecule has 0 saturated heterocycles. The average molecular weight is 246 g/mol. The van der Waals surface area contributed by atoms with Crippen molar-refractivity contribution in [1.82, 2.24) is 0 Å². The van der Waals surface area contributed by atoms with E-state index in [2.05, 4.69) is 19.6 Å². The molecule has 0 aromatic heterocycles. The van der Waals surface area contributed by atoms with Crippen LogP contribution in [-0.4, -0.2) is 8.07 Å². The summed E-state index contributed by atoms with van der Waals surface area (Å²) in [7, 11) is -1.70. The normalized spacial score (nSPS) is 13.0. The number of hydrogen-bond donors (Lipinski definition) is 0. The third kappa shape index (κ3) is 2.67. The van der Waals surface area contributed by atoms with Crippen LogP contribution in [0, 0.1) is 13.8 Å². The van der Waals surface area contributed by atoms with E-state index in [4.69, 9.17) is 0 Å². The molecule has 16 heavy (non-hydrogen) atoms. The number of benzene rings is 1. The lowest BCUT2D eigenvalue weighted by atomic mass is 10.0. The Balaban J connectivity index is 3.46. The summed E-state index contributed by atoms with van der Waals surface area (Å²) < 4.78 is 38.4. The van der Waals surface area contributed by atoms with Crippen molar-refractivity contribution in [3.05, 3.63) is 28.8 Å². The Hall–Kier alpha value is -0.773. The molecule has 0 aliphatic heterocycles. The molecular weight excluding hydrogens is 229 g/mol. The van der Waals surface area contributed by atoms with Gasteiger partial charge < -0.3 is 0 Å². The van der Waals surface area contributed by atoms with Gasteiger partial charge in [0, 0.05) is 0 Å². The van der Waals surface area contributed by atoms with Crippen LogP contribution in [0.2, 0.25) is 19.6 Å². The van der Waals surface area contributed by atoms with Gasteiger partial charge in [-0.1, -0.05) is 37.0 Å². The van der Waals surface area contributed by atoms with Gasteiger partial charge in [0.15, 0.2) is 0 Å². The smallest absolute Gasteiger partial charge is 0.166 e. The van der Waals surface area contributed by atoms with E-state index in [0.717, 1.165) is 10.8 Å². The minimum absolute atomic E-state index is 0.342. The highest BCUT2D eigenvalue weighted by Gasteiger charge is 2.34. The molecule has 0 amide bonds. The molecule has 4 heteroatoms. The minimum Gasteiger partial charge on any atom is -0.166 e. The second-order valence-corrected chi connectivity index (χ2v) is 10.3. The largest absolute Gasteiger partial charge is 0.416 e. The molecule has 0 bridgehead atoms. The minimum atomic E-state index is -4.25. The van der Waals surface area contributed by atoms with Crippen molar-refractivity contribution >= 4 is 13.3 Å². The molecular formula is C12H17F3Si. The third-order valence-corrected chi connectivity index (χ3v) is 4.86. The summed E-state index contributed by atoms with van der Waals surface area (Å²) in [4.78, 5) is 0. The van der Waals surface area contributed by atoms with Gasteiger partial charge in [-0.3, -0.25) is 0 Å². The molecule has 90 valence electrons. The number of rotatable bonds is 1. The van der Waals surface area contributed by atoms with Crippen LogP contribution in [0.4, 0.5) is 13.2 Å². The van der Waals surface area contributed by atoms with Gasteiger partial charge in [0.1, 0.15) is 0 Å². The summed E-state index contributed by atoms with van der Waals surface area (Å²) in [6, 6.07) is 3.23. The molecule has 0 heterocycles. The molecule has 0 fully saturated rings. The second-order valence-electron chi connectivity index (χ2n) is 5.21. The van der Waals surface area contributed by atoms with E-state index < -0.39 is 19.8 Å². The SMILES string of the molecule is Cc1cc([Si](C)(C)C)cc(C(F)(F)F)c1C. The van der Waals surface area contributed by atoms with Crippen LogP contribution in [0.5, 0.6) is 0 Å². The fourth-order valence-corrected chi connectivity index (χ4v) is 2.81. The maximum atomic E-state index is 12.8. The topological polar surface area (TPSA) is 0 Å². The number of halogens is 3. The van der Waals surface area contributed by atoms with E-state index >= 15 is 0 Å². The van der Waals surface area contributed by atoms with Crippen LogP contribution in [0.25, 0.3) is 0 Å². The van der Waals surface area contributed by atoms with Gasteiger partial charge in [-0.25, -0.2) is 0 Å². The molecule has 0 spiro atoms. The standard InChI is InChI=1S/C12H17F3Si/c1-8-6-10(16(3,4)5)7-11(9(8)2)12(13,14)15/h6-7H,1-5H3. The van der Waals surface area contributed by atoms with Crippen molar-refractivity contribution in [1.29, 1.82) is 0 Å². The van der Waals surface area contributed by atoms with Crippen molar-refractivity contribution in [2.75, 3.05) is 0 Å². The number of hydrogen-bond acceptors (Lipinski definition) is 0. The molecule has 0 aliphatic carbocycles. The van der Waals surface area contributed by atoms with Crippen LogP contribution < -0.4 is 5.19 Å². The molecule has 0 nitrogen and oxygen atoms in total. The third-order valence-electron chi connectivity index (χ3n) is 2.84. The molecule has 0 unspecified atom stereocenters. The van der Waals surface area contributed by atoms with Gasteiger partial charge in [-0.15, -0.1) is 0 Å². The van der Waals surface area contributed by atoms with E-state index in [9.17, 15) is 13.2 Å². The Morgan fingerprint density at radius 2 is 1.50 bits per heavy atom. The highest BCUT2D eigenvalue weighted by Crippen LogP contribution is 2.32. The predicted molar refractivity (Wildman–Crippen MR) is 63.9 cm³/mol. The maximum Gasteiger partial charge on any atom is 0.416 e. The molecule has 0 radical (unpaired) electrons. The van der Waals surface area contributed by atoms with E-state index in [-0.39, 0.29) is 0 Å². The number of aryl methyl sites for hydroxylation is 1. The van der Waals surface area contributed by atoms with Gasteiger partial charge in [0.05, 0.1) is 13.6 Å². The summed E-state index contributed by atoms with van der Waals surface area (Å²) in [5.41, 5.74) is 0.590. The summed E-state index contributed by atoms with van der Waals surface area (Å²) >= 11 is 0. The average Bonchev–Trinajstić information content (AvgIpc) is 2.05. The summed E-state index contributed by atoms with van der Waals surface area (Å²) in [6.45, 7) is 9.44. The molecule has 0 N–H and O–H groups in total. The van der Waals surface area contributed by atoms with Gasteiger partial charge in [0.2, 0.25) is 0 Å². The van der Waals surface area contributed by atoms with Crippen LogP contribution in [-0.2, 0) is 6.18 Å². The fourth-order valence-electron chi connectivity index (χ4n) is 1.59. The maximum absolute atomic E-state index is 12.8. The van der Waals surface area contributed by atoms with Gasteiger partial charge in [-0.2, -0.15) is 13.2 Å². The van der Waals surface area contributed by atoms with Crippen molar-refractivity contribution < 1.29 is 13.2 Å². The van der Waals surface area contributed by atoms with Crippen molar-refractivity contribution in [3.8, 4) is 0 Å². The Morgan fingerprint density at radius 1 is 1.00 bits per heavy atom. The zero-order chi connectivity index (χ0) is 12.7. The van der Waals surface area contributed by atoms with Crippen molar-refractivity contribution in [3.63, 3.8) is 0 Å². The van der Waals surface area contributed by atoms with Crippen LogP contribution in [0.15, 0.2) is 12.1 Å². The second kappa shape index (κ2) is 3.91. The van der Waals surface area contributed by atoms with E-state index in [1.165, 1.54) is 13.0 Å². The first-order chi connectivity index (χ1) is 7.03. The van der Waals surface area contributed by atoms with Gasteiger partial charge in [-0.05, 0) is 25.0 Å². The Morgan fingerprint density at radius 3 is 1.88 bits per heavy atom. The lowest BCUT2D eigenvalue weighted by molar-refractivity contribution is -0.138. The highest BCUT2D eigenvalue weighted by molar-refractivity contribution is 6.88. The summed E-state index contributed by atoms with van der Waals surface area (Å²) in [5.74, 6) is 0. The predicted octanol–water partition coefficient (Wildman–Crippen LogP) is 3.87. The Bertz CT molecular complexity index is 400. The molecule has 0 aliphatic rings. The number of alkyl halides is 3. The van der Waals surface area contributed by atoms with Crippen LogP contribution in [0.3, 0.4) is 0 Å². The monoisotopic (exact) mass is 246 g/mol. The van der Waals surface area contributed by atoms with E-state index in [0.29, 0.717) is 5.56 Å². The zero-order valence-electron chi connectivity index (χ0n) is 10.3. The first kappa shape index (κ1) is 13.3. The molecule has 0 atom stereocenters. The quantitative estimate of drug-likeness (QED) is 0.660. The van der Waals surface area contributed by atoms with Gasteiger partial charge >= 0.3 is 6.18 Å². The molecule has 1 aromatic carbocycles. The molecule has 1 aromatic rings. The zero-order valence-corrected chi connectivity index (χ0v) is 11.3. The molecule has 0 saturated carbocycles. The van der Waals surface area contributed by atoms with Gasteiger partial charge in [0.25, 0.3) is 0 Å². The van der Waals surface area contributed by atoms with E-state index in [1.807, 2.05) is 6.07 Å². The lowest BCUT2D eigenvalue weighted by Crippen LogP contribution is -2.38. The summed E-state index contributed by atoms with van der Waals surface area (Å²) in [5, 5.41) is 0.864. The first-order valence-electron chi connectivity index (χ1n) is 5.22. The summed E-state index contributed by atoms with van der Waals surface area (Å²) in [6.07, 6.45) is -4.25. The van der Waals surface area contributed by atoms with Crippen LogP contribution >= 0.6 is 0 Å². The Labute approximate surface area is 95.5 Å². The van der Waals surface area contributed by atoms with E-state index in [1.54, 1.807) is 6.92 Å². The Kier molecular flexibility index (Phi) is 3.25. The first-order valence-corrected chi connectivity index (χ1v) is 8.72. The lowest BCUT2D eigenvalue weighted by Gasteiger charge is -2.21. The van der Waals surface area contributed by atoms with Crippen molar-refractivity contribution in [2.45, 2.75) is 39.7 Å². The highest BCUT2D eigenvalue weighted by atomic mass is 28.3.